The van der Waals surface area contributed by atoms with Crippen molar-refractivity contribution in [1.29, 1.82) is 0 Å². The van der Waals surface area contributed by atoms with Gasteiger partial charge in [-0.15, -0.1) is 0 Å². The smallest absolute Gasteiger partial charge is 0.305 e. The first kappa shape index (κ1) is 46.3. The average molecular weight is 673 g/mol. The van der Waals surface area contributed by atoms with E-state index in [1.807, 2.05) is 0 Å². The first-order valence-corrected chi connectivity index (χ1v) is 20.4. The summed E-state index contributed by atoms with van der Waals surface area (Å²) >= 11 is 0. The summed E-state index contributed by atoms with van der Waals surface area (Å²) in [5, 5.41) is 37.6. The molecule has 7 heteroatoms. The number of hydrogen-bond acceptors (Lipinski definition) is 7. The Morgan fingerprint density at radius 3 is 1.26 bits per heavy atom. The molecule has 47 heavy (non-hydrogen) atoms. The number of hydrogen-bond donors (Lipinski definition) is 4. The van der Waals surface area contributed by atoms with Crippen molar-refractivity contribution in [3.8, 4) is 0 Å². The second kappa shape index (κ2) is 36.5. The van der Waals surface area contributed by atoms with Crippen LogP contribution in [0.4, 0.5) is 0 Å². The van der Waals surface area contributed by atoms with Crippen LogP contribution < -0.4 is 0 Å². The minimum Gasteiger partial charge on any atom is -0.463 e. The fraction of sp³-hybridized carbons (Fsp3) is 0.975. The Morgan fingerprint density at radius 2 is 0.936 bits per heavy atom. The van der Waals surface area contributed by atoms with E-state index in [1.54, 1.807) is 0 Å². The lowest BCUT2D eigenvalue weighted by Crippen LogP contribution is -2.41. The van der Waals surface area contributed by atoms with E-state index in [9.17, 15) is 20.1 Å². The summed E-state index contributed by atoms with van der Waals surface area (Å²) in [6.07, 6.45) is 34.6. The zero-order valence-corrected chi connectivity index (χ0v) is 31.2. The molecule has 1 aliphatic heterocycles. The van der Waals surface area contributed by atoms with Crippen molar-refractivity contribution in [2.75, 3.05) is 19.8 Å². The maximum absolute atomic E-state index is 11.8. The van der Waals surface area contributed by atoms with Crippen LogP contribution >= 0.6 is 0 Å². The summed E-state index contributed by atoms with van der Waals surface area (Å²) in [5.74, 6) is -0.336. The largest absolute Gasteiger partial charge is 0.463 e. The van der Waals surface area contributed by atoms with Gasteiger partial charge in [-0.25, -0.2) is 0 Å². The molecular formula is C40H80O7. The zero-order chi connectivity index (χ0) is 34.6. The third-order valence-corrected chi connectivity index (χ3v) is 9.48. The lowest BCUT2D eigenvalue weighted by atomic mass is 10.0. The van der Waals surface area contributed by atoms with E-state index in [4.69, 9.17) is 14.6 Å². The summed E-state index contributed by atoms with van der Waals surface area (Å²) in [6, 6.07) is 0. The highest BCUT2D eigenvalue weighted by atomic mass is 16.6. The maximum atomic E-state index is 11.8. The van der Waals surface area contributed by atoms with E-state index in [1.165, 1.54) is 161 Å². The van der Waals surface area contributed by atoms with Crippen LogP contribution in [0.5, 0.6) is 0 Å². The van der Waals surface area contributed by atoms with Crippen LogP contribution in [-0.4, -0.2) is 70.6 Å². The molecule has 0 spiro atoms. The van der Waals surface area contributed by atoms with Gasteiger partial charge in [-0.05, 0) is 12.8 Å². The van der Waals surface area contributed by atoms with Gasteiger partial charge in [0.25, 0.3) is 0 Å². The molecule has 1 rings (SSSR count). The Morgan fingerprint density at radius 1 is 0.596 bits per heavy atom. The summed E-state index contributed by atoms with van der Waals surface area (Å²) < 4.78 is 10.2. The number of aliphatic hydroxyl groups is 4. The van der Waals surface area contributed by atoms with Crippen molar-refractivity contribution in [3.63, 3.8) is 0 Å². The van der Waals surface area contributed by atoms with Crippen LogP contribution in [0.25, 0.3) is 0 Å². The topological polar surface area (TPSA) is 116 Å². The van der Waals surface area contributed by atoms with Gasteiger partial charge < -0.3 is 29.9 Å². The van der Waals surface area contributed by atoms with Gasteiger partial charge in [0, 0.05) is 13.0 Å². The molecule has 0 aromatic carbocycles. The summed E-state index contributed by atoms with van der Waals surface area (Å²) in [7, 11) is 0. The van der Waals surface area contributed by atoms with Crippen LogP contribution in [0.15, 0.2) is 0 Å². The van der Waals surface area contributed by atoms with E-state index in [0.29, 0.717) is 13.0 Å². The highest BCUT2D eigenvalue weighted by Gasteiger charge is 2.39. The number of carbonyl (C=O) groups is 1. The molecule has 1 fully saturated rings. The van der Waals surface area contributed by atoms with Gasteiger partial charge in [0.05, 0.1) is 6.61 Å². The molecule has 0 radical (unpaired) electrons. The predicted molar refractivity (Wildman–Crippen MR) is 196 cm³/mol. The van der Waals surface area contributed by atoms with Crippen molar-refractivity contribution in [2.24, 2.45) is 0 Å². The summed E-state index contributed by atoms with van der Waals surface area (Å²) in [5.41, 5.74) is 0. The Kier molecular flexibility index (Phi) is 36.0. The number of rotatable bonds is 33. The second-order valence-corrected chi connectivity index (χ2v) is 14.1. The van der Waals surface area contributed by atoms with Gasteiger partial charge in [0.1, 0.15) is 31.0 Å². The maximum Gasteiger partial charge on any atom is 0.305 e. The fourth-order valence-electron chi connectivity index (χ4n) is 6.26. The third-order valence-electron chi connectivity index (χ3n) is 9.48. The average Bonchev–Trinajstić information content (AvgIpc) is 3.41. The van der Waals surface area contributed by atoms with Crippen molar-refractivity contribution >= 4 is 5.97 Å². The molecule has 0 aromatic rings. The van der Waals surface area contributed by atoms with Crippen molar-refractivity contribution in [3.05, 3.63) is 0 Å². The van der Waals surface area contributed by atoms with E-state index in [2.05, 4.69) is 13.8 Å². The fourth-order valence-corrected chi connectivity index (χ4v) is 6.26. The second-order valence-electron chi connectivity index (χ2n) is 14.1. The van der Waals surface area contributed by atoms with E-state index < -0.39 is 24.4 Å². The number of unbranched alkanes of at least 4 members (excludes halogenated alkanes) is 27. The van der Waals surface area contributed by atoms with Gasteiger partial charge in [0.15, 0.2) is 0 Å². The Hall–Kier alpha value is -0.730. The van der Waals surface area contributed by atoms with Gasteiger partial charge in [-0.3, -0.25) is 4.79 Å². The molecule has 1 saturated heterocycles. The van der Waals surface area contributed by atoms with E-state index >= 15 is 0 Å². The van der Waals surface area contributed by atoms with Crippen LogP contribution in [-0.2, 0) is 14.3 Å². The van der Waals surface area contributed by atoms with Gasteiger partial charge in [0.2, 0.25) is 0 Å². The van der Waals surface area contributed by atoms with Crippen LogP contribution in [0.3, 0.4) is 0 Å². The Balaban J connectivity index is 0.00000106. The van der Waals surface area contributed by atoms with Crippen LogP contribution in [0.1, 0.15) is 206 Å². The highest BCUT2D eigenvalue weighted by Crippen LogP contribution is 2.18. The molecule has 4 N–H and O–H groups in total. The van der Waals surface area contributed by atoms with Crippen molar-refractivity contribution < 1.29 is 34.7 Å². The number of esters is 1. The molecule has 0 bridgehead atoms. The first-order chi connectivity index (χ1) is 23.0. The standard InChI is InChI=1S/C24H46O6.C16H34O/c1-2-3-4-5-6-7-8-9-10-11-12-13-14-15-16-17-22(27)29-19-21(26)24-23(28)20(25)18-30-24;1-2-3-4-5-6-7-8-9-10-11-12-13-14-15-16-17/h20-21,23-26,28H,2-19H2,1H3;17H,2-16H2,1H3/t20-,21+,23+,24+;/m0./s1. The molecule has 0 aromatic heterocycles. The Bertz CT molecular complexity index is 618. The van der Waals surface area contributed by atoms with Gasteiger partial charge in [-0.1, -0.05) is 187 Å². The molecule has 0 amide bonds. The van der Waals surface area contributed by atoms with Gasteiger partial charge >= 0.3 is 5.97 Å². The lowest BCUT2D eigenvalue weighted by molar-refractivity contribution is -0.151. The summed E-state index contributed by atoms with van der Waals surface area (Å²) in [4.78, 5) is 11.8. The molecule has 1 heterocycles. The van der Waals surface area contributed by atoms with Crippen LogP contribution in [0, 0.1) is 0 Å². The highest BCUT2D eigenvalue weighted by molar-refractivity contribution is 5.69. The molecule has 0 unspecified atom stereocenters. The quantitative estimate of drug-likeness (QED) is 0.0405. The van der Waals surface area contributed by atoms with Crippen LogP contribution in [0.2, 0.25) is 0 Å². The molecule has 4 atom stereocenters. The van der Waals surface area contributed by atoms with Gasteiger partial charge in [-0.2, -0.15) is 0 Å². The number of ether oxygens (including phenoxy) is 2. The molecule has 0 saturated carbocycles. The SMILES string of the molecule is CCCCCCCCCCCCCCCCCC(=O)OC[C@@H](O)[C@H]1OC[C@H](O)[C@H]1O.CCCCCCCCCCCCCCCCO. The predicted octanol–water partition coefficient (Wildman–Crippen LogP) is 9.73. The van der Waals surface area contributed by atoms with E-state index in [-0.39, 0.29) is 19.2 Å². The lowest BCUT2D eigenvalue weighted by Gasteiger charge is -2.20. The molecule has 0 aliphatic carbocycles. The number of aliphatic hydroxyl groups excluding tert-OH is 4. The molecule has 1 aliphatic rings. The zero-order valence-electron chi connectivity index (χ0n) is 31.2. The summed E-state index contributed by atoms with van der Waals surface area (Å²) in [6.45, 7) is 4.68. The molecular weight excluding hydrogens is 592 g/mol. The van der Waals surface area contributed by atoms with E-state index in [0.717, 1.165) is 25.7 Å². The monoisotopic (exact) mass is 673 g/mol. The van der Waals surface area contributed by atoms with Crippen molar-refractivity contribution in [2.45, 2.75) is 231 Å². The Labute approximate surface area is 291 Å². The molecule has 7 nitrogen and oxygen atoms in total. The number of carbonyl (C=O) groups excluding carboxylic acids is 1. The third kappa shape index (κ3) is 31.0. The van der Waals surface area contributed by atoms with Crippen molar-refractivity contribution in [1.82, 2.24) is 0 Å². The molecule has 282 valence electrons. The normalized spacial score (nSPS) is 18.2. The first-order valence-electron chi connectivity index (χ1n) is 20.4. The minimum absolute atomic E-state index is 0.0179. The minimum atomic E-state index is -1.14.